The van der Waals surface area contributed by atoms with Crippen LogP contribution in [0.5, 0.6) is 0 Å². The van der Waals surface area contributed by atoms with Crippen molar-refractivity contribution in [3.63, 3.8) is 0 Å². The summed E-state index contributed by atoms with van der Waals surface area (Å²) in [6.45, 7) is 2.67. The molecule has 0 radical (unpaired) electrons. The van der Waals surface area contributed by atoms with Gasteiger partial charge in [-0.1, -0.05) is 0 Å². The van der Waals surface area contributed by atoms with E-state index in [1.54, 1.807) is 17.1 Å². The second-order valence-electron chi connectivity index (χ2n) is 6.97. The average Bonchev–Trinajstić information content (AvgIpc) is 3.38. The van der Waals surface area contributed by atoms with Gasteiger partial charge in [0.05, 0.1) is 17.4 Å². The molecule has 4 rings (SSSR count). The fraction of sp³-hybridized carbons (Fsp3) is 0.421. The van der Waals surface area contributed by atoms with E-state index in [2.05, 4.69) is 25.0 Å². The van der Waals surface area contributed by atoms with Crippen LogP contribution in [-0.2, 0) is 11.3 Å². The van der Waals surface area contributed by atoms with E-state index in [0.717, 1.165) is 36.1 Å². The first-order chi connectivity index (χ1) is 13.7. The molecule has 0 aliphatic carbocycles. The Balaban J connectivity index is 1.49. The summed E-state index contributed by atoms with van der Waals surface area (Å²) in [7, 11) is 0. The second kappa shape index (κ2) is 8.20. The molecule has 1 fully saturated rings. The minimum atomic E-state index is -0.294. The summed E-state index contributed by atoms with van der Waals surface area (Å²) >= 11 is 0. The van der Waals surface area contributed by atoms with Gasteiger partial charge in [-0.3, -0.25) is 14.0 Å². The van der Waals surface area contributed by atoms with Crippen LogP contribution in [0.15, 0.2) is 37.2 Å². The second-order valence-corrected chi connectivity index (χ2v) is 6.97. The molecule has 0 spiro atoms. The Hall–Kier alpha value is -3.23. The number of nitrogens with two attached hydrogens (primary N) is 1. The molecule has 3 aromatic heterocycles. The lowest BCUT2D eigenvalue weighted by molar-refractivity contribution is -0.118. The van der Waals surface area contributed by atoms with Crippen molar-refractivity contribution < 1.29 is 4.79 Å². The molecular formula is C19H24N8O. The zero-order valence-corrected chi connectivity index (χ0v) is 15.7. The number of amides is 1. The molecule has 1 saturated heterocycles. The molecule has 1 aliphatic heterocycles. The van der Waals surface area contributed by atoms with Crippen LogP contribution in [0.1, 0.15) is 32.1 Å². The highest BCUT2D eigenvalue weighted by molar-refractivity contribution is 5.73. The molecule has 28 heavy (non-hydrogen) atoms. The van der Waals surface area contributed by atoms with Crippen molar-refractivity contribution in [2.24, 2.45) is 5.73 Å². The minimum Gasteiger partial charge on any atom is -0.370 e. The van der Waals surface area contributed by atoms with Gasteiger partial charge < -0.3 is 10.6 Å². The molecule has 0 atom stereocenters. The SMILES string of the molecule is NC(=O)CCCn1cc(-n2ccnc2-c2cnc(N3CCCCC3)nc2)cn1. The third kappa shape index (κ3) is 4.03. The number of aromatic nitrogens is 6. The van der Waals surface area contributed by atoms with Crippen molar-refractivity contribution in [1.82, 2.24) is 29.3 Å². The molecular weight excluding hydrogens is 356 g/mol. The van der Waals surface area contributed by atoms with Crippen LogP contribution in [0, 0.1) is 0 Å². The Morgan fingerprint density at radius 3 is 2.61 bits per heavy atom. The van der Waals surface area contributed by atoms with Crippen LogP contribution in [0.3, 0.4) is 0 Å². The van der Waals surface area contributed by atoms with Gasteiger partial charge in [0.25, 0.3) is 0 Å². The predicted molar refractivity (Wildman–Crippen MR) is 105 cm³/mol. The van der Waals surface area contributed by atoms with Crippen molar-refractivity contribution in [2.75, 3.05) is 18.0 Å². The summed E-state index contributed by atoms with van der Waals surface area (Å²) in [5.74, 6) is 1.25. The first-order valence-electron chi connectivity index (χ1n) is 9.62. The van der Waals surface area contributed by atoms with Gasteiger partial charge in [0.2, 0.25) is 11.9 Å². The van der Waals surface area contributed by atoms with Gasteiger partial charge in [-0.2, -0.15) is 5.10 Å². The summed E-state index contributed by atoms with van der Waals surface area (Å²) in [6, 6.07) is 0. The molecule has 3 aromatic rings. The molecule has 2 N–H and O–H groups in total. The molecule has 0 unspecified atom stereocenters. The van der Waals surface area contributed by atoms with Crippen LogP contribution >= 0.6 is 0 Å². The molecule has 9 heteroatoms. The molecule has 0 bridgehead atoms. The first-order valence-corrected chi connectivity index (χ1v) is 9.62. The molecule has 1 amide bonds. The zero-order valence-electron chi connectivity index (χ0n) is 15.7. The van der Waals surface area contributed by atoms with Gasteiger partial charge in [0.1, 0.15) is 5.82 Å². The number of hydrogen-bond acceptors (Lipinski definition) is 6. The number of anilines is 1. The maximum atomic E-state index is 10.9. The Labute approximate surface area is 163 Å². The number of hydrogen-bond donors (Lipinski definition) is 1. The maximum absolute atomic E-state index is 10.9. The summed E-state index contributed by atoms with van der Waals surface area (Å²) in [4.78, 5) is 26.7. The smallest absolute Gasteiger partial charge is 0.225 e. The highest BCUT2D eigenvalue weighted by Gasteiger charge is 2.15. The van der Waals surface area contributed by atoms with Gasteiger partial charge >= 0.3 is 0 Å². The Morgan fingerprint density at radius 1 is 1.07 bits per heavy atom. The lowest BCUT2D eigenvalue weighted by Gasteiger charge is -2.26. The number of piperidine rings is 1. The number of nitrogens with zero attached hydrogens (tertiary/aromatic N) is 7. The van der Waals surface area contributed by atoms with Gasteiger partial charge in [-0.05, 0) is 25.7 Å². The molecule has 9 nitrogen and oxygen atoms in total. The van der Waals surface area contributed by atoms with Crippen molar-refractivity contribution in [2.45, 2.75) is 38.6 Å². The fourth-order valence-corrected chi connectivity index (χ4v) is 3.43. The largest absolute Gasteiger partial charge is 0.370 e. The highest BCUT2D eigenvalue weighted by atomic mass is 16.1. The van der Waals surface area contributed by atoms with Gasteiger partial charge in [-0.25, -0.2) is 15.0 Å². The standard InChI is InChI=1S/C19H24N8O/c20-17(28)5-4-9-26-14-16(13-24-26)27-10-6-21-18(27)15-11-22-19(23-12-15)25-7-2-1-3-8-25/h6,10-14H,1-5,7-9H2,(H2,20,28). The Bertz CT molecular complexity index is 924. The van der Waals surface area contributed by atoms with Crippen molar-refractivity contribution in [3.8, 4) is 17.1 Å². The van der Waals surface area contributed by atoms with E-state index in [1.807, 2.05) is 29.4 Å². The van der Waals surface area contributed by atoms with Crippen molar-refractivity contribution in [1.29, 1.82) is 0 Å². The number of rotatable bonds is 7. The van der Waals surface area contributed by atoms with Gasteiger partial charge in [-0.15, -0.1) is 0 Å². The topological polar surface area (TPSA) is 108 Å². The first kappa shape index (κ1) is 18.1. The van der Waals surface area contributed by atoms with Crippen LogP contribution in [-0.4, -0.2) is 48.3 Å². The van der Waals surface area contributed by atoms with E-state index in [4.69, 9.17) is 5.73 Å². The van der Waals surface area contributed by atoms with Crippen molar-refractivity contribution in [3.05, 3.63) is 37.2 Å². The van der Waals surface area contributed by atoms with Gasteiger partial charge in [0, 0.05) is 57.0 Å². The fourth-order valence-electron chi connectivity index (χ4n) is 3.43. The number of primary amides is 1. The number of carbonyl (C=O) groups is 1. The minimum absolute atomic E-state index is 0.294. The maximum Gasteiger partial charge on any atom is 0.225 e. The average molecular weight is 380 g/mol. The van der Waals surface area contributed by atoms with E-state index < -0.39 is 0 Å². The molecule has 0 aromatic carbocycles. The summed E-state index contributed by atoms with van der Waals surface area (Å²) in [5, 5.41) is 4.36. The summed E-state index contributed by atoms with van der Waals surface area (Å²) in [5.41, 5.74) is 6.93. The Kier molecular flexibility index (Phi) is 5.31. The van der Waals surface area contributed by atoms with Crippen LogP contribution in [0.2, 0.25) is 0 Å². The number of aryl methyl sites for hydroxylation is 1. The van der Waals surface area contributed by atoms with E-state index >= 15 is 0 Å². The number of carbonyl (C=O) groups excluding carboxylic acids is 1. The van der Waals surface area contributed by atoms with Crippen LogP contribution in [0.4, 0.5) is 5.95 Å². The van der Waals surface area contributed by atoms with E-state index in [-0.39, 0.29) is 5.91 Å². The van der Waals surface area contributed by atoms with Gasteiger partial charge in [0.15, 0.2) is 0 Å². The molecule has 1 aliphatic rings. The lowest BCUT2D eigenvalue weighted by Crippen LogP contribution is -2.30. The summed E-state index contributed by atoms with van der Waals surface area (Å²) in [6.07, 6.45) is 15.7. The predicted octanol–water partition coefficient (Wildman–Crippen LogP) is 1.78. The zero-order chi connectivity index (χ0) is 19.3. The highest BCUT2D eigenvalue weighted by Crippen LogP contribution is 2.22. The molecule has 146 valence electrons. The normalized spacial score (nSPS) is 14.4. The van der Waals surface area contributed by atoms with E-state index in [9.17, 15) is 4.79 Å². The quantitative estimate of drug-likeness (QED) is 0.669. The van der Waals surface area contributed by atoms with E-state index in [0.29, 0.717) is 19.4 Å². The Morgan fingerprint density at radius 2 is 1.86 bits per heavy atom. The van der Waals surface area contributed by atoms with Crippen LogP contribution in [0.25, 0.3) is 17.1 Å². The number of imidazole rings is 1. The molecule has 0 saturated carbocycles. The van der Waals surface area contributed by atoms with E-state index in [1.165, 1.54) is 19.3 Å². The monoisotopic (exact) mass is 380 g/mol. The third-order valence-corrected chi connectivity index (χ3v) is 4.88. The lowest BCUT2D eigenvalue weighted by atomic mass is 10.1. The van der Waals surface area contributed by atoms with Crippen molar-refractivity contribution >= 4 is 11.9 Å². The molecule has 4 heterocycles. The third-order valence-electron chi connectivity index (χ3n) is 4.88. The van der Waals surface area contributed by atoms with Crippen LogP contribution < -0.4 is 10.6 Å². The summed E-state index contributed by atoms with van der Waals surface area (Å²) < 4.78 is 3.76.